The monoisotopic (exact) mass is 272 g/mol. The molecule has 0 amide bonds. The van der Waals surface area contributed by atoms with Gasteiger partial charge in [0.25, 0.3) is 0 Å². The van der Waals surface area contributed by atoms with Crippen LogP contribution in [-0.4, -0.2) is 47.9 Å². The smallest absolute Gasteiger partial charge is 0.0738 e. The van der Waals surface area contributed by atoms with Crippen LogP contribution >= 0.6 is 7.82 Å². The van der Waals surface area contributed by atoms with Gasteiger partial charge >= 0.3 is 0 Å². The fourth-order valence-corrected chi connectivity index (χ4v) is 0.474. The maximum Gasteiger partial charge on any atom is 0.0738 e. The molecule has 0 aliphatic rings. The quantitative estimate of drug-likeness (QED) is 0.540. The number of rotatable bonds is 4. The molecule has 0 aromatic rings. The van der Waals surface area contributed by atoms with E-state index in [1.54, 1.807) is 0 Å². The molecule has 2 N–H and O–H groups in total. The molecule has 17 heavy (non-hydrogen) atoms. The van der Waals surface area contributed by atoms with Crippen LogP contribution in [0.1, 0.15) is 20.8 Å². The Hall–Kier alpha value is 0.0300. The second kappa shape index (κ2) is 14.1. The average Bonchev–Trinajstić information content (AvgIpc) is 2.17. The first-order chi connectivity index (χ1) is 7.60. The van der Waals surface area contributed by atoms with E-state index in [1.165, 1.54) is 29.8 Å². The SMILES string of the molecule is CCOP(=O)([O-])[O-].CC[NH+](C)C.CC[NH+](C)C. The van der Waals surface area contributed by atoms with Crippen LogP contribution in [0.25, 0.3) is 0 Å². The third-order valence-corrected chi connectivity index (χ3v) is 2.28. The summed E-state index contributed by atoms with van der Waals surface area (Å²) < 4.78 is 13.2. The van der Waals surface area contributed by atoms with Gasteiger partial charge in [-0.05, 0) is 20.8 Å². The summed E-state index contributed by atoms with van der Waals surface area (Å²) >= 11 is 0. The number of phosphoric ester groups is 1. The first kappa shape index (κ1) is 22.2. The largest absolute Gasteiger partial charge is 0.790 e. The number of hydrogen-bond donors (Lipinski definition) is 2. The van der Waals surface area contributed by atoms with Crippen molar-refractivity contribution in [2.24, 2.45) is 0 Å². The van der Waals surface area contributed by atoms with E-state index in [0.717, 1.165) is 0 Å². The highest BCUT2D eigenvalue weighted by Gasteiger charge is 1.81. The highest BCUT2D eigenvalue weighted by molar-refractivity contribution is 7.43. The predicted octanol–water partition coefficient (Wildman–Crippen LogP) is -2.85. The van der Waals surface area contributed by atoms with E-state index >= 15 is 0 Å². The standard InChI is InChI=1S/2C4H11N.C2H7O4P/c2*1-4-5(2)3;1-2-6-7(3,4)5/h2*4H2,1-3H3;2H2,1H3,(H2,3,4,5). The third kappa shape index (κ3) is 48.9. The number of hydrogen-bond acceptors (Lipinski definition) is 4. The Balaban J connectivity index is -0.000000177. The summed E-state index contributed by atoms with van der Waals surface area (Å²) in [4.78, 5) is 22.0. The van der Waals surface area contributed by atoms with Crippen LogP contribution in [0, 0.1) is 0 Å². The Bertz CT molecular complexity index is 175. The summed E-state index contributed by atoms with van der Waals surface area (Å²) in [6.45, 7) is 8.12. The molecule has 0 unspecified atom stereocenters. The van der Waals surface area contributed by atoms with Gasteiger partial charge in [-0.25, -0.2) is 0 Å². The van der Waals surface area contributed by atoms with Crippen molar-refractivity contribution >= 4 is 7.82 Å². The van der Waals surface area contributed by atoms with Gasteiger partial charge in [0.1, 0.15) is 0 Å². The summed E-state index contributed by atoms with van der Waals surface area (Å²) in [5, 5.41) is 0. The van der Waals surface area contributed by atoms with Crippen molar-refractivity contribution < 1.29 is 28.7 Å². The van der Waals surface area contributed by atoms with Gasteiger partial charge in [-0.2, -0.15) is 0 Å². The normalized spacial score (nSPS) is 10.5. The highest BCUT2D eigenvalue weighted by Crippen LogP contribution is 2.23. The van der Waals surface area contributed by atoms with E-state index in [4.69, 9.17) is 0 Å². The van der Waals surface area contributed by atoms with Crippen LogP contribution in [0.15, 0.2) is 0 Å². The zero-order chi connectivity index (χ0) is 14.5. The van der Waals surface area contributed by atoms with Crippen LogP contribution < -0.4 is 19.6 Å². The summed E-state index contributed by atoms with van der Waals surface area (Å²) in [6, 6.07) is 0. The fourth-order valence-electron chi connectivity index (χ4n) is 0.158. The van der Waals surface area contributed by atoms with Gasteiger partial charge in [0, 0.05) is 6.61 Å². The molecule has 0 spiro atoms. The van der Waals surface area contributed by atoms with Crippen molar-refractivity contribution in [2.45, 2.75) is 20.8 Å². The van der Waals surface area contributed by atoms with Crippen LogP contribution in [-0.2, 0) is 9.09 Å². The molecule has 0 fully saturated rings. The van der Waals surface area contributed by atoms with Gasteiger partial charge in [0.05, 0.1) is 49.1 Å². The summed E-state index contributed by atoms with van der Waals surface area (Å²) in [5.41, 5.74) is 0. The molecule has 0 rings (SSSR count). The van der Waals surface area contributed by atoms with Crippen LogP contribution in [0.4, 0.5) is 0 Å². The van der Waals surface area contributed by atoms with Crippen LogP contribution in [0.2, 0.25) is 0 Å². The number of quaternary nitrogens is 2. The van der Waals surface area contributed by atoms with Crippen molar-refractivity contribution in [1.29, 1.82) is 0 Å². The second-order valence-electron chi connectivity index (χ2n) is 3.99. The maximum atomic E-state index is 9.48. The summed E-state index contributed by atoms with van der Waals surface area (Å²) in [7, 11) is 3.89. The molecule has 0 saturated carbocycles. The average molecular weight is 272 g/mol. The van der Waals surface area contributed by atoms with Crippen molar-refractivity contribution in [1.82, 2.24) is 0 Å². The summed E-state index contributed by atoms with van der Waals surface area (Å²) in [5.74, 6) is 0. The molecule has 0 aromatic carbocycles. The first-order valence-electron chi connectivity index (χ1n) is 5.85. The Morgan fingerprint density at radius 2 is 1.18 bits per heavy atom. The molecule has 0 saturated heterocycles. The molecule has 6 nitrogen and oxygen atoms in total. The van der Waals surface area contributed by atoms with Crippen molar-refractivity contribution in [2.75, 3.05) is 47.9 Å². The van der Waals surface area contributed by atoms with Gasteiger partial charge in [-0.15, -0.1) is 0 Å². The minimum Gasteiger partial charge on any atom is -0.790 e. The van der Waals surface area contributed by atoms with Gasteiger partial charge in [0.2, 0.25) is 0 Å². The molecule has 7 heteroatoms. The Labute approximate surface area is 106 Å². The highest BCUT2D eigenvalue weighted by atomic mass is 31.2. The van der Waals surface area contributed by atoms with Gasteiger partial charge in [-0.3, -0.25) is 0 Å². The van der Waals surface area contributed by atoms with E-state index in [2.05, 4.69) is 46.6 Å². The van der Waals surface area contributed by atoms with Crippen molar-refractivity contribution in [3.63, 3.8) is 0 Å². The van der Waals surface area contributed by atoms with E-state index in [-0.39, 0.29) is 6.61 Å². The predicted molar refractivity (Wildman–Crippen MR) is 65.9 cm³/mol. The van der Waals surface area contributed by atoms with Crippen molar-refractivity contribution in [3.8, 4) is 0 Å². The number of nitrogens with one attached hydrogen (secondary N) is 2. The molecule has 0 bridgehead atoms. The molecule has 0 aliphatic heterocycles. The maximum absolute atomic E-state index is 9.48. The minimum atomic E-state index is -4.67. The molecule has 0 radical (unpaired) electrons. The fraction of sp³-hybridized carbons (Fsp3) is 1.00. The third-order valence-electron chi connectivity index (χ3n) is 1.70. The zero-order valence-corrected chi connectivity index (χ0v) is 13.1. The van der Waals surface area contributed by atoms with Gasteiger partial charge in [0.15, 0.2) is 0 Å². The molecular formula is C10H29N2O4P. The lowest BCUT2D eigenvalue weighted by atomic mass is 10.7. The van der Waals surface area contributed by atoms with Gasteiger partial charge < -0.3 is 28.7 Å². The van der Waals surface area contributed by atoms with E-state index in [1.807, 2.05) is 0 Å². The van der Waals surface area contributed by atoms with E-state index in [0.29, 0.717) is 0 Å². The second-order valence-corrected chi connectivity index (χ2v) is 5.14. The topological polar surface area (TPSA) is 81.3 Å². The van der Waals surface area contributed by atoms with Crippen LogP contribution in [0.5, 0.6) is 0 Å². The zero-order valence-electron chi connectivity index (χ0n) is 12.2. The molecule has 108 valence electrons. The number of phosphoric acid groups is 1. The Kier molecular flexibility index (Phi) is 18.4. The lowest BCUT2D eigenvalue weighted by Crippen LogP contribution is -3.05. The molecule has 0 aliphatic carbocycles. The van der Waals surface area contributed by atoms with E-state index in [9.17, 15) is 14.4 Å². The Morgan fingerprint density at radius 3 is 1.18 bits per heavy atom. The minimum absolute atomic E-state index is 0.0791. The van der Waals surface area contributed by atoms with Crippen LogP contribution in [0.3, 0.4) is 0 Å². The first-order valence-corrected chi connectivity index (χ1v) is 7.31. The molecular weight excluding hydrogens is 243 g/mol. The lowest BCUT2D eigenvalue weighted by Gasteiger charge is -2.27. The van der Waals surface area contributed by atoms with Crippen molar-refractivity contribution in [3.05, 3.63) is 0 Å². The van der Waals surface area contributed by atoms with E-state index < -0.39 is 7.82 Å². The summed E-state index contributed by atoms with van der Waals surface area (Å²) in [6.07, 6.45) is 0. The molecule has 0 aromatic heterocycles. The molecule has 0 atom stereocenters. The lowest BCUT2D eigenvalue weighted by molar-refractivity contribution is -0.856. The molecule has 0 heterocycles. The Morgan fingerprint density at radius 1 is 0.941 bits per heavy atom. The van der Waals surface area contributed by atoms with Gasteiger partial charge in [-0.1, -0.05) is 0 Å².